The molecule has 1 amide bonds. The van der Waals surface area contributed by atoms with Crippen molar-refractivity contribution in [3.63, 3.8) is 0 Å². The van der Waals surface area contributed by atoms with E-state index in [1.807, 2.05) is 6.92 Å². The zero-order valence-corrected chi connectivity index (χ0v) is 23.5. The molecule has 4 rings (SSSR count). The number of nitrogens with zero attached hydrogens (tertiary/aromatic N) is 2. The standard InChI is InChI=1S/C30H30N2O7S/c1-6-14-38-20-10-8-19(9-11-20)24-23(25(33)22-13-12-21(16-17(22)3)39-15-7-2)26(34)28(35)32(24)30-31-18(4)27(40-30)29(36)37-5/h7-13,16,24,33H,2,6,14-15H2,1,3-5H3. The first-order valence-electron chi connectivity index (χ1n) is 12.7. The van der Waals surface area contributed by atoms with Crippen LogP contribution in [0.5, 0.6) is 11.5 Å². The van der Waals surface area contributed by atoms with Crippen molar-refractivity contribution in [2.45, 2.75) is 33.2 Å². The number of carbonyl (C=O) groups excluding carboxylic acids is 3. The maximum atomic E-state index is 13.5. The lowest BCUT2D eigenvalue weighted by Crippen LogP contribution is -2.29. The number of hydrogen-bond acceptors (Lipinski definition) is 9. The molecule has 0 radical (unpaired) electrons. The van der Waals surface area contributed by atoms with Crippen molar-refractivity contribution in [3.8, 4) is 11.5 Å². The van der Waals surface area contributed by atoms with Crippen LogP contribution in [0.3, 0.4) is 0 Å². The molecular weight excluding hydrogens is 532 g/mol. The van der Waals surface area contributed by atoms with Gasteiger partial charge >= 0.3 is 11.9 Å². The van der Waals surface area contributed by atoms with Crippen molar-refractivity contribution >= 4 is 39.9 Å². The van der Waals surface area contributed by atoms with E-state index >= 15 is 0 Å². The van der Waals surface area contributed by atoms with Crippen molar-refractivity contribution in [1.82, 2.24) is 4.98 Å². The Morgan fingerprint density at radius 2 is 1.82 bits per heavy atom. The molecule has 1 aliphatic rings. The van der Waals surface area contributed by atoms with E-state index in [2.05, 4.69) is 11.6 Å². The first kappa shape index (κ1) is 28.6. The highest BCUT2D eigenvalue weighted by Crippen LogP contribution is 2.44. The fraction of sp³-hybridized carbons (Fsp3) is 0.267. The van der Waals surface area contributed by atoms with E-state index in [4.69, 9.17) is 14.2 Å². The van der Waals surface area contributed by atoms with Gasteiger partial charge in [-0.3, -0.25) is 14.5 Å². The Hall–Kier alpha value is -4.44. The van der Waals surface area contributed by atoms with Gasteiger partial charge in [-0.2, -0.15) is 0 Å². The SMILES string of the molecule is C=CCOc1ccc(C(O)=C2C(=O)C(=O)N(c3nc(C)c(C(=O)OC)s3)C2c2ccc(OCCC)cc2)c(C)c1. The Morgan fingerprint density at radius 1 is 1.12 bits per heavy atom. The largest absolute Gasteiger partial charge is 0.507 e. The minimum atomic E-state index is -1.01. The molecule has 0 saturated carbocycles. The third-order valence-electron chi connectivity index (χ3n) is 6.30. The lowest BCUT2D eigenvalue weighted by atomic mass is 9.94. The van der Waals surface area contributed by atoms with Crippen molar-refractivity contribution in [1.29, 1.82) is 0 Å². The molecule has 10 heteroatoms. The number of thiazole rings is 1. The second kappa shape index (κ2) is 12.2. The highest BCUT2D eigenvalue weighted by Gasteiger charge is 2.48. The molecule has 0 aliphatic carbocycles. The van der Waals surface area contributed by atoms with Crippen LogP contribution in [-0.2, 0) is 14.3 Å². The third kappa shape index (κ3) is 5.48. The molecule has 9 nitrogen and oxygen atoms in total. The van der Waals surface area contributed by atoms with Gasteiger partial charge in [0.15, 0.2) is 5.13 Å². The van der Waals surface area contributed by atoms with Crippen LogP contribution >= 0.6 is 11.3 Å². The highest BCUT2D eigenvalue weighted by molar-refractivity contribution is 7.17. The summed E-state index contributed by atoms with van der Waals surface area (Å²) in [5, 5.41) is 11.7. The Kier molecular flexibility index (Phi) is 8.69. The molecule has 3 aromatic rings. The Balaban J connectivity index is 1.87. The van der Waals surface area contributed by atoms with E-state index in [1.54, 1.807) is 62.4 Å². The number of hydrogen-bond donors (Lipinski definition) is 1. The quantitative estimate of drug-likeness (QED) is 0.113. The van der Waals surface area contributed by atoms with Crippen molar-refractivity contribution < 1.29 is 33.7 Å². The van der Waals surface area contributed by atoms with E-state index < -0.39 is 23.7 Å². The van der Waals surface area contributed by atoms with Crippen LogP contribution < -0.4 is 14.4 Å². The van der Waals surface area contributed by atoms with Crippen LogP contribution in [0.25, 0.3) is 5.76 Å². The summed E-state index contributed by atoms with van der Waals surface area (Å²) in [6.45, 7) is 9.89. The first-order valence-corrected chi connectivity index (χ1v) is 13.5. The van der Waals surface area contributed by atoms with E-state index in [0.29, 0.717) is 47.1 Å². The van der Waals surface area contributed by atoms with Gasteiger partial charge in [0.1, 0.15) is 28.7 Å². The predicted molar refractivity (Wildman–Crippen MR) is 152 cm³/mol. The van der Waals surface area contributed by atoms with Crippen molar-refractivity contribution in [3.05, 3.63) is 88.0 Å². The number of rotatable bonds is 10. The fourth-order valence-corrected chi connectivity index (χ4v) is 5.38. The average Bonchev–Trinajstić information content (AvgIpc) is 3.46. The topological polar surface area (TPSA) is 115 Å². The van der Waals surface area contributed by atoms with Gasteiger partial charge in [0.05, 0.1) is 31.0 Å². The van der Waals surface area contributed by atoms with E-state index in [-0.39, 0.29) is 21.3 Å². The molecule has 1 N–H and O–H groups in total. The normalized spacial score (nSPS) is 16.2. The molecule has 1 saturated heterocycles. The number of aromatic nitrogens is 1. The second-order valence-electron chi connectivity index (χ2n) is 9.07. The molecule has 2 heterocycles. The molecule has 2 aromatic carbocycles. The Labute approximate surface area is 236 Å². The minimum absolute atomic E-state index is 0.0949. The summed E-state index contributed by atoms with van der Waals surface area (Å²) in [4.78, 5) is 45.1. The number of aliphatic hydroxyl groups is 1. The summed E-state index contributed by atoms with van der Waals surface area (Å²) in [6, 6.07) is 11.0. The number of benzene rings is 2. The maximum absolute atomic E-state index is 13.5. The van der Waals surface area contributed by atoms with Gasteiger partial charge in [-0.1, -0.05) is 43.0 Å². The number of aliphatic hydroxyl groups excluding tert-OH is 1. The number of Topliss-reactive ketones (excluding diaryl/α,β-unsaturated/α-hetero) is 1. The zero-order chi connectivity index (χ0) is 29.0. The Bertz CT molecular complexity index is 1490. The molecule has 1 unspecified atom stereocenters. The van der Waals surface area contributed by atoms with Crippen LogP contribution in [0.4, 0.5) is 5.13 Å². The summed E-state index contributed by atoms with van der Waals surface area (Å²) in [5.74, 6) is -1.46. The average molecular weight is 563 g/mol. The molecule has 40 heavy (non-hydrogen) atoms. The van der Waals surface area contributed by atoms with Gasteiger partial charge in [0.2, 0.25) is 0 Å². The lowest BCUT2D eigenvalue weighted by Gasteiger charge is -2.23. The third-order valence-corrected chi connectivity index (χ3v) is 7.43. The number of anilines is 1. The summed E-state index contributed by atoms with van der Waals surface area (Å²) in [6.07, 6.45) is 2.46. The fourth-order valence-electron chi connectivity index (χ4n) is 4.37. The van der Waals surface area contributed by atoms with Crippen molar-refractivity contribution in [2.24, 2.45) is 0 Å². The predicted octanol–water partition coefficient (Wildman–Crippen LogP) is 5.53. The molecule has 1 atom stereocenters. The molecule has 0 spiro atoms. The van der Waals surface area contributed by atoms with Crippen LogP contribution in [0.15, 0.2) is 60.7 Å². The maximum Gasteiger partial charge on any atom is 0.350 e. The van der Waals surface area contributed by atoms with E-state index in [9.17, 15) is 19.5 Å². The highest BCUT2D eigenvalue weighted by atomic mass is 32.1. The number of ketones is 1. The van der Waals surface area contributed by atoms with Crippen LogP contribution in [0, 0.1) is 13.8 Å². The van der Waals surface area contributed by atoms with Gasteiger partial charge < -0.3 is 19.3 Å². The Morgan fingerprint density at radius 3 is 2.45 bits per heavy atom. The van der Waals surface area contributed by atoms with Crippen LogP contribution in [0.1, 0.15) is 51.4 Å². The molecule has 208 valence electrons. The zero-order valence-electron chi connectivity index (χ0n) is 22.7. The van der Waals surface area contributed by atoms with Crippen molar-refractivity contribution in [2.75, 3.05) is 25.2 Å². The van der Waals surface area contributed by atoms with Gasteiger partial charge in [-0.05, 0) is 61.7 Å². The summed E-state index contributed by atoms with van der Waals surface area (Å²) < 4.78 is 16.1. The number of ether oxygens (including phenoxy) is 3. The number of carbonyl (C=O) groups is 3. The first-order chi connectivity index (χ1) is 19.2. The van der Waals surface area contributed by atoms with Gasteiger partial charge in [0, 0.05) is 5.56 Å². The molecule has 1 aromatic heterocycles. The summed E-state index contributed by atoms with van der Waals surface area (Å²) in [5.41, 5.74) is 1.85. The monoisotopic (exact) mass is 562 g/mol. The van der Waals surface area contributed by atoms with Gasteiger partial charge in [0.25, 0.3) is 5.78 Å². The van der Waals surface area contributed by atoms with E-state index in [0.717, 1.165) is 17.8 Å². The number of amides is 1. The van der Waals surface area contributed by atoms with Gasteiger partial charge in [-0.15, -0.1) is 0 Å². The van der Waals surface area contributed by atoms with Crippen LogP contribution in [-0.4, -0.2) is 48.1 Å². The van der Waals surface area contributed by atoms with Crippen LogP contribution in [0.2, 0.25) is 0 Å². The van der Waals surface area contributed by atoms with E-state index in [1.165, 1.54) is 12.0 Å². The smallest absolute Gasteiger partial charge is 0.350 e. The minimum Gasteiger partial charge on any atom is -0.507 e. The molecule has 0 bridgehead atoms. The summed E-state index contributed by atoms with van der Waals surface area (Å²) in [7, 11) is 1.26. The molecule has 1 aliphatic heterocycles. The number of aryl methyl sites for hydroxylation is 2. The molecule has 1 fully saturated rings. The summed E-state index contributed by atoms with van der Waals surface area (Å²) >= 11 is 0.944. The molecular formula is C30H30N2O7S. The number of esters is 1. The number of methoxy groups -OCH3 is 1. The second-order valence-corrected chi connectivity index (χ2v) is 10.0. The van der Waals surface area contributed by atoms with Gasteiger partial charge in [-0.25, -0.2) is 9.78 Å². The lowest BCUT2D eigenvalue weighted by molar-refractivity contribution is -0.132.